The van der Waals surface area contributed by atoms with Crippen LogP contribution in [0.1, 0.15) is 28.8 Å². The minimum Gasteiger partial charge on any atom is -0.460 e. The monoisotopic (exact) mass is 273 g/mol. The molecule has 104 valence electrons. The maximum atomic E-state index is 11.7. The molecule has 2 aromatic rings. The average molecular weight is 273 g/mol. The molecular formula is C14H15N3O3. The number of anilines is 1. The Morgan fingerprint density at radius 2 is 2.35 bits per heavy atom. The van der Waals surface area contributed by atoms with Gasteiger partial charge in [0.2, 0.25) is 11.7 Å². The van der Waals surface area contributed by atoms with E-state index >= 15 is 0 Å². The Balaban J connectivity index is 2.04. The van der Waals surface area contributed by atoms with Gasteiger partial charge in [-0.1, -0.05) is 0 Å². The molecule has 0 amide bonds. The van der Waals surface area contributed by atoms with Crippen molar-refractivity contribution in [1.82, 2.24) is 9.97 Å². The average Bonchev–Trinajstić information content (AvgIpc) is 2.91. The number of carbonyl (C=O) groups excluding carboxylic acids is 1. The number of esters is 1. The van der Waals surface area contributed by atoms with Crippen molar-refractivity contribution >= 4 is 11.9 Å². The predicted molar refractivity (Wildman–Crippen MR) is 72.6 cm³/mol. The Kier molecular flexibility index (Phi) is 3.14. The van der Waals surface area contributed by atoms with Crippen molar-refractivity contribution in [3.63, 3.8) is 0 Å². The molecule has 1 N–H and O–H groups in total. The minimum atomic E-state index is -0.439. The zero-order valence-corrected chi connectivity index (χ0v) is 11.4. The van der Waals surface area contributed by atoms with Gasteiger partial charge in [-0.3, -0.25) is 0 Å². The first-order valence-corrected chi connectivity index (χ1v) is 6.56. The van der Waals surface area contributed by atoms with E-state index < -0.39 is 5.97 Å². The summed E-state index contributed by atoms with van der Waals surface area (Å²) in [4.78, 5) is 20.4. The molecule has 2 heterocycles. The molecule has 0 saturated heterocycles. The van der Waals surface area contributed by atoms with E-state index in [2.05, 4.69) is 15.3 Å². The van der Waals surface area contributed by atoms with E-state index in [1.807, 2.05) is 6.20 Å². The van der Waals surface area contributed by atoms with Gasteiger partial charge in [0.1, 0.15) is 5.76 Å². The smallest absolute Gasteiger partial charge is 0.374 e. The van der Waals surface area contributed by atoms with Gasteiger partial charge in [-0.15, -0.1) is 0 Å². The molecule has 0 saturated carbocycles. The van der Waals surface area contributed by atoms with E-state index in [9.17, 15) is 4.79 Å². The second-order valence-electron chi connectivity index (χ2n) is 4.49. The number of rotatable bonds is 3. The lowest BCUT2D eigenvalue weighted by molar-refractivity contribution is 0.0488. The summed E-state index contributed by atoms with van der Waals surface area (Å²) < 4.78 is 10.6. The predicted octanol–water partition coefficient (Wildman–Crippen LogP) is 2.05. The van der Waals surface area contributed by atoms with Gasteiger partial charge in [0.25, 0.3) is 0 Å². The number of aromatic nitrogens is 2. The van der Waals surface area contributed by atoms with Crippen LogP contribution in [0.25, 0.3) is 11.3 Å². The summed E-state index contributed by atoms with van der Waals surface area (Å²) in [5.74, 6) is 1.12. The van der Waals surface area contributed by atoms with Crippen molar-refractivity contribution in [3.8, 4) is 11.3 Å². The van der Waals surface area contributed by atoms with Crippen LogP contribution >= 0.6 is 0 Å². The zero-order valence-electron chi connectivity index (χ0n) is 11.4. The highest BCUT2D eigenvalue weighted by molar-refractivity contribution is 5.89. The summed E-state index contributed by atoms with van der Waals surface area (Å²) in [5.41, 5.74) is 2.74. The molecule has 0 atom stereocenters. The Morgan fingerprint density at radius 3 is 3.10 bits per heavy atom. The highest BCUT2D eigenvalue weighted by atomic mass is 16.5. The van der Waals surface area contributed by atoms with Crippen molar-refractivity contribution in [1.29, 1.82) is 0 Å². The normalized spacial score (nSPS) is 12.5. The van der Waals surface area contributed by atoms with Crippen molar-refractivity contribution in [2.45, 2.75) is 19.8 Å². The molecule has 2 aromatic heterocycles. The molecule has 6 nitrogen and oxygen atoms in total. The van der Waals surface area contributed by atoms with Crippen LogP contribution in [0.15, 0.2) is 16.7 Å². The lowest BCUT2D eigenvalue weighted by Gasteiger charge is -2.14. The van der Waals surface area contributed by atoms with Crippen LogP contribution in [0.5, 0.6) is 0 Å². The first-order chi connectivity index (χ1) is 9.72. The Labute approximate surface area is 116 Å². The molecule has 20 heavy (non-hydrogen) atoms. The first-order valence-electron chi connectivity index (χ1n) is 6.56. The second kappa shape index (κ2) is 4.96. The van der Waals surface area contributed by atoms with Gasteiger partial charge in [0, 0.05) is 31.3 Å². The number of hydrogen-bond donors (Lipinski definition) is 1. The summed E-state index contributed by atoms with van der Waals surface area (Å²) in [7, 11) is 1.77. The fourth-order valence-electron chi connectivity index (χ4n) is 2.31. The van der Waals surface area contributed by atoms with Crippen LogP contribution in [0.3, 0.4) is 0 Å². The third kappa shape index (κ3) is 2.03. The highest BCUT2D eigenvalue weighted by Gasteiger charge is 2.25. The number of carbonyl (C=O) groups is 1. The highest BCUT2D eigenvalue weighted by Crippen LogP contribution is 2.34. The lowest BCUT2D eigenvalue weighted by Crippen LogP contribution is -2.07. The van der Waals surface area contributed by atoms with E-state index in [-0.39, 0.29) is 5.76 Å². The number of nitrogens with zero attached hydrogens (tertiary/aromatic N) is 2. The quantitative estimate of drug-likeness (QED) is 0.862. The summed E-state index contributed by atoms with van der Waals surface area (Å²) in [5, 5.41) is 2.91. The van der Waals surface area contributed by atoms with Crippen LogP contribution in [0, 0.1) is 0 Å². The molecule has 0 aliphatic heterocycles. The van der Waals surface area contributed by atoms with Crippen LogP contribution in [0.2, 0.25) is 0 Å². The molecule has 0 fully saturated rings. The van der Waals surface area contributed by atoms with Gasteiger partial charge < -0.3 is 14.5 Å². The topological polar surface area (TPSA) is 77.2 Å². The van der Waals surface area contributed by atoms with Gasteiger partial charge in [-0.05, 0) is 18.9 Å². The molecule has 0 aromatic carbocycles. The molecule has 0 unspecified atom stereocenters. The first kappa shape index (κ1) is 12.7. The maximum absolute atomic E-state index is 11.7. The van der Waals surface area contributed by atoms with E-state index in [4.69, 9.17) is 9.15 Å². The van der Waals surface area contributed by atoms with Gasteiger partial charge in [-0.2, -0.15) is 0 Å². The van der Waals surface area contributed by atoms with E-state index in [1.54, 1.807) is 20.0 Å². The SMILES string of the molecule is CCOC(=O)c1cc2c(o1)CCc1cnc(NC)nc1-2. The van der Waals surface area contributed by atoms with Crippen molar-refractivity contribution in [3.05, 3.63) is 29.3 Å². The van der Waals surface area contributed by atoms with Gasteiger partial charge in [0.15, 0.2) is 0 Å². The third-order valence-corrected chi connectivity index (χ3v) is 3.25. The summed E-state index contributed by atoms with van der Waals surface area (Å²) >= 11 is 0. The molecule has 3 rings (SSSR count). The van der Waals surface area contributed by atoms with E-state index in [0.29, 0.717) is 12.6 Å². The van der Waals surface area contributed by atoms with Crippen LogP contribution in [-0.2, 0) is 17.6 Å². The van der Waals surface area contributed by atoms with E-state index in [0.717, 1.165) is 35.4 Å². The Morgan fingerprint density at radius 1 is 1.50 bits per heavy atom. The molecular weight excluding hydrogens is 258 g/mol. The number of ether oxygens (including phenoxy) is 1. The number of furan rings is 1. The van der Waals surface area contributed by atoms with Crippen LogP contribution in [-0.4, -0.2) is 29.6 Å². The maximum Gasteiger partial charge on any atom is 0.374 e. The third-order valence-electron chi connectivity index (χ3n) is 3.25. The van der Waals surface area contributed by atoms with Crippen molar-refractivity contribution in [2.24, 2.45) is 0 Å². The summed E-state index contributed by atoms with van der Waals surface area (Å²) in [6.45, 7) is 2.09. The molecule has 1 aliphatic carbocycles. The Hall–Kier alpha value is -2.37. The summed E-state index contributed by atoms with van der Waals surface area (Å²) in [6.07, 6.45) is 3.36. The van der Waals surface area contributed by atoms with Crippen LogP contribution < -0.4 is 5.32 Å². The van der Waals surface area contributed by atoms with Gasteiger partial charge >= 0.3 is 5.97 Å². The van der Waals surface area contributed by atoms with Gasteiger partial charge in [0.05, 0.1) is 12.3 Å². The van der Waals surface area contributed by atoms with Crippen molar-refractivity contribution in [2.75, 3.05) is 19.0 Å². The largest absolute Gasteiger partial charge is 0.460 e. The molecule has 1 aliphatic rings. The van der Waals surface area contributed by atoms with Crippen LogP contribution in [0.4, 0.5) is 5.95 Å². The van der Waals surface area contributed by atoms with Gasteiger partial charge in [-0.25, -0.2) is 14.8 Å². The molecule has 0 radical (unpaired) electrons. The van der Waals surface area contributed by atoms with Crippen molar-refractivity contribution < 1.29 is 13.9 Å². The Bertz CT molecular complexity index is 664. The van der Waals surface area contributed by atoms with E-state index in [1.165, 1.54) is 0 Å². The molecule has 6 heteroatoms. The number of hydrogen-bond acceptors (Lipinski definition) is 6. The minimum absolute atomic E-state index is 0.231. The fraction of sp³-hybridized carbons (Fsp3) is 0.357. The zero-order chi connectivity index (χ0) is 14.1. The number of aryl methyl sites for hydroxylation is 2. The second-order valence-corrected chi connectivity index (χ2v) is 4.49. The fourth-order valence-corrected chi connectivity index (χ4v) is 2.31. The summed E-state index contributed by atoms with van der Waals surface area (Å²) in [6, 6.07) is 1.71. The molecule has 0 spiro atoms. The number of fused-ring (bicyclic) bond motifs is 3. The molecule has 0 bridgehead atoms. The number of nitrogens with one attached hydrogen (secondary N) is 1. The standard InChI is InChI=1S/C14H15N3O3/c1-3-19-13(18)11-6-9-10(20-11)5-4-8-7-16-14(15-2)17-12(8)9/h6-7H,3-5H2,1-2H3,(H,15,16,17). The lowest BCUT2D eigenvalue weighted by atomic mass is 9.96.